The standard InChI is InChI=1S/C44H28N2S/c1-2-12-29(13-3-1)31-16-9-20-35(27-31)42-41-39-23-6-7-25-40(39)47-44(41)46-43(45-42)36-21-10-18-33(28-36)32-17-8-19-34(26-32)38-24-11-15-30-14-4-5-22-37(30)38/h1-28H. The van der Waals surface area contributed by atoms with Gasteiger partial charge >= 0.3 is 0 Å². The molecule has 0 fully saturated rings. The Kier molecular flexibility index (Phi) is 6.69. The van der Waals surface area contributed by atoms with Gasteiger partial charge in [-0.3, -0.25) is 0 Å². The Morgan fingerprint density at radius 1 is 0.383 bits per heavy atom. The van der Waals surface area contributed by atoms with Gasteiger partial charge in [-0.05, 0) is 68.4 Å². The zero-order valence-corrected chi connectivity index (χ0v) is 26.3. The van der Waals surface area contributed by atoms with Crippen LogP contribution < -0.4 is 0 Å². The van der Waals surface area contributed by atoms with Crippen LogP contribution in [0.3, 0.4) is 0 Å². The van der Waals surface area contributed by atoms with Crippen LogP contribution in [0.15, 0.2) is 170 Å². The molecule has 0 amide bonds. The van der Waals surface area contributed by atoms with E-state index >= 15 is 0 Å². The van der Waals surface area contributed by atoms with Gasteiger partial charge in [0.05, 0.1) is 5.69 Å². The first-order valence-electron chi connectivity index (χ1n) is 15.8. The molecule has 0 saturated heterocycles. The molecule has 9 rings (SSSR count). The Labute approximate surface area is 277 Å². The molecule has 7 aromatic carbocycles. The molecule has 2 aromatic heterocycles. The topological polar surface area (TPSA) is 25.8 Å². The summed E-state index contributed by atoms with van der Waals surface area (Å²) >= 11 is 1.73. The fraction of sp³-hybridized carbons (Fsp3) is 0. The summed E-state index contributed by atoms with van der Waals surface area (Å²) in [6.07, 6.45) is 0. The van der Waals surface area contributed by atoms with Crippen LogP contribution in [0.25, 0.3) is 87.1 Å². The Bertz CT molecular complexity index is 2580. The normalized spacial score (nSPS) is 11.4. The molecule has 47 heavy (non-hydrogen) atoms. The summed E-state index contributed by atoms with van der Waals surface area (Å²) in [5, 5.41) is 4.81. The monoisotopic (exact) mass is 616 g/mol. The van der Waals surface area contributed by atoms with Crippen LogP contribution in [-0.4, -0.2) is 9.97 Å². The number of rotatable bonds is 5. The van der Waals surface area contributed by atoms with E-state index in [0.717, 1.165) is 44.0 Å². The molecule has 0 aliphatic heterocycles. The summed E-state index contributed by atoms with van der Waals surface area (Å²) in [6, 6.07) is 60.4. The zero-order chi connectivity index (χ0) is 31.2. The Balaban J connectivity index is 1.18. The summed E-state index contributed by atoms with van der Waals surface area (Å²) < 4.78 is 1.22. The SMILES string of the molecule is c1ccc(-c2cccc(-c3nc(-c4cccc(-c5cccc(-c6cccc7ccccc67)c5)c4)nc4sc5ccccc5c34)c2)cc1. The van der Waals surface area contributed by atoms with Crippen molar-refractivity contribution in [2.45, 2.75) is 0 Å². The summed E-state index contributed by atoms with van der Waals surface area (Å²) in [4.78, 5) is 11.5. The number of thiophene rings is 1. The maximum Gasteiger partial charge on any atom is 0.161 e. The van der Waals surface area contributed by atoms with Crippen LogP contribution in [0.5, 0.6) is 0 Å². The summed E-state index contributed by atoms with van der Waals surface area (Å²) in [5.74, 6) is 0.733. The van der Waals surface area contributed by atoms with Gasteiger partial charge in [-0.25, -0.2) is 9.97 Å². The van der Waals surface area contributed by atoms with E-state index in [4.69, 9.17) is 9.97 Å². The molecule has 0 saturated carbocycles. The van der Waals surface area contributed by atoms with Gasteiger partial charge in [-0.2, -0.15) is 0 Å². The van der Waals surface area contributed by atoms with E-state index in [1.165, 1.54) is 43.1 Å². The number of benzene rings is 7. The van der Waals surface area contributed by atoms with Crippen molar-refractivity contribution in [3.05, 3.63) is 170 Å². The molecule has 0 N–H and O–H groups in total. The third-order valence-electron chi connectivity index (χ3n) is 8.90. The summed E-state index contributed by atoms with van der Waals surface area (Å²) in [7, 11) is 0. The lowest BCUT2D eigenvalue weighted by atomic mass is 9.95. The highest BCUT2D eigenvalue weighted by atomic mass is 32.1. The number of hydrogen-bond acceptors (Lipinski definition) is 3. The average molecular weight is 617 g/mol. The smallest absolute Gasteiger partial charge is 0.161 e. The van der Waals surface area contributed by atoms with Gasteiger partial charge in [0, 0.05) is 26.6 Å². The van der Waals surface area contributed by atoms with Gasteiger partial charge in [0.1, 0.15) is 4.83 Å². The van der Waals surface area contributed by atoms with E-state index in [-0.39, 0.29) is 0 Å². The van der Waals surface area contributed by atoms with Gasteiger partial charge in [-0.1, -0.05) is 146 Å². The molecule has 0 bridgehead atoms. The Hall–Kier alpha value is -5.90. The molecule has 0 radical (unpaired) electrons. The molecule has 2 heterocycles. The molecule has 220 valence electrons. The van der Waals surface area contributed by atoms with Gasteiger partial charge in [0.2, 0.25) is 0 Å². The highest BCUT2D eigenvalue weighted by Crippen LogP contribution is 2.41. The second kappa shape index (κ2) is 11.5. The van der Waals surface area contributed by atoms with Crippen LogP contribution in [0.1, 0.15) is 0 Å². The van der Waals surface area contributed by atoms with Crippen molar-refractivity contribution >= 4 is 42.4 Å². The predicted molar refractivity (Wildman–Crippen MR) is 200 cm³/mol. The Morgan fingerprint density at radius 3 is 1.77 bits per heavy atom. The third-order valence-corrected chi connectivity index (χ3v) is 9.96. The average Bonchev–Trinajstić information content (AvgIpc) is 3.53. The molecule has 3 heteroatoms. The largest absolute Gasteiger partial charge is 0.227 e. The van der Waals surface area contributed by atoms with Crippen molar-refractivity contribution in [2.24, 2.45) is 0 Å². The van der Waals surface area contributed by atoms with Crippen LogP contribution in [-0.2, 0) is 0 Å². The van der Waals surface area contributed by atoms with Crippen LogP contribution >= 0.6 is 11.3 Å². The summed E-state index contributed by atoms with van der Waals surface area (Å²) in [6.45, 7) is 0. The molecule has 0 atom stereocenters. The van der Waals surface area contributed by atoms with Crippen molar-refractivity contribution in [3.8, 4) is 56.0 Å². The fourth-order valence-corrected chi connectivity index (χ4v) is 7.69. The lowest BCUT2D eigenvalue weighted by Gasteiger charge is -2.11. The number of fused-ring (bicyclic) bond motifs is 4. The maximum absolute atomic E-state index is 5.33. The second-order valence-electron chi connectivity index (χ2n) is 11.8. The van der Waals surface area contributed by atoms with E-state index in [0.29, 0.717) is 0 Å². The van der Waals surface area contributed by atoms with Crippen LogP contribution in [0.2, 0.25) is 0 Å². The first kappa shape index (κ1) is 27.4. The van der Waals surface area contributed by atoms with Gasteiger partial charge < -0.3 is 0 Å². The predicted octanol–water partition coefficient (Wildman–Crippen LogP) is 12.3. The second-order valence-corrected chi connectivity index (χ2v) is 12.8. The molecule has 0 aliphatic rings. The first-order valence-corrected chi connectivity index (χ1v) is 16.6. The van der Waals surface area contributed by atoms with Crippen LogP contribution in [0.4, 0.5) is 0 Å². The molecular formula is C44H28N2S. The quantitative estimate of drug-likeness (QED) is 0.192. The van der Waals surface area contributed by atoms with Crippen molar-refractivity contribution in [1.29, 1.82) is 0 Å². The minimum absolute atomic E-state index is 0.733. The van der Waals surface area contributed by atoms with Gasteiger partial charge in [0.15, 0.2) is 5.82 Å². The minimum Gasteiger partial charge on any atom is -0.227 e. The van der Waals surface area contributed by atoms with Gasteiger partial charge in [0.25, 0.3) is 0 Å². The number of aromatic nitrogens is 2. The van der Waals surface area contributed by atoms with Crippen molar-refractivity contribution in [1.82, 2.24) is 9.97 Å². The minimum atomic E-state index is 0.733. The highest BCUT2D eigenvalue weighted by molar-refractivity contribution is 7.25. The number of hydrogen-bond donors (Lipinski definition) is 0. The van der Waals surface area contributed by atoms with E-state index in [9.17, 15) is 0 Å². The third kappa shape index (κ3) is 4.98. The van der Waals surface area contributed by atoms with E-state index in [1.54, 1.807) is 11.3 Å². The zero-order valence-electron chi connectivity index (χ0n) is 25.5. The van der Waals surface area contributed by atoms with Crippen molar-refractivity contribution in [3.63, 3.8) is 0 Å². The lowest BCUT2D eigenvalue weighted by molar-refractivity contribution is 1.24. The van der Waals surface area contributed by atoms with Crippen LogP contribution in [0, 0.1) is 0 Å². The van der Waals surface area contributed by atoms with Gasteiger partial charge in [-0.15, -0.1) is 11.3 Å². The maximum atomic E-state index is 5.33. The lowest BCUT2D eigenvalue weighted by Crippen LogP contribution is -1.94. The van der Waals surface area contributed by atoms with E-state index in [1.807, 2.05) is 0 Å². The van der Waals surface area contributed by atoms with E-state index in [2.05, 4.69) is 170 Å². The molecular weight excluding hydrogens is 589 g/mol. The molecule has 2 nitrogen and oxygen atoms in total. The highest BCUT2D eigenvalue weighted by Gasteiger charge is 2.17. The molecule has 0 spiro atoms. The fourth-order valence-electron chi connectivity index (χ4n) is 6.62. The Morgan fingerprint density at radius 2 is 0.936 bits per heavy atom. The van der Waals surface area contributed by atoms with E-state index < -0.39 is 0 Å². The van der Waals surface area contributed by atoms with Crippen molar-refractivity contribution in [2.75, 3.05) is 0 Å². The first-order chi connectivity index (χ1) is 23.3. The molecule has 9 aromatic rings. The number of nitrogens with zero attached hydrogens (tertiary/aromatic N) is 2. The summed E-state index contributed by atoms with van der Waals surface area (Å²) in [5.41, 5.74) is 10.1. The van der Waals surface area contributed by atoms with Crippen molar-refractivity contribution < 1.29 is 0 Å². The molecule has 0 aliphatic carbocycles. The molecule has 0 unspecified atom stereocenters.